The Labute approximate surface area is 119 Å². The fourth-order valence-corrected chi connectivity index (χ4v) is 2.14. The number of hydrogen-bond donors (Lipinski definition) is 1. The maximum atomic E-state index is 12.1. The summed E-state index contributed by atoms with van der Waals surface area (Å²) in [5, 5.41) is 17.3. The molecule has 0 spiro atoms. The number of nitrogens with zero attached hydrogens (tertiary/aromatic N) is 3. The highest BCUT2D eigenvalue weighted by atomic mass is 16.5. The van der Waals surface area contributed by atoms with Crippen LogP contribution in [0.25, 0.3) is 5.65 Å². The van der Waals surface area contributed by atoms with E-state index in [1.54, 1.807) is 23.9 Å². The molecule has 8 nitrogen and oxygen atoms in total. The summed E-state index contributed by atoms with van der Waals surface area (Å²) >= 11 is 0. The summed E-state index contributed by atoms with van der Waals surface area (Å²) in [5.41, 5.74) is -0.554. The fraction of sp³-hybridized carbons (Fsp3) is 0.231. The molecular weight excluding hydrogens is 276 g/mol. The van der Waals surface area contributed by atoms with Crippen LogP contribution in [0.4, 0.5) is 0 Å². The van der Waals surface area contributed by atoms with Gasteiger partial charge < -0.3 is 14.0 Å². The first kappa shape index (κ1) is 14.3. The minimum Gasteiger partial charge on any atom is -0.465 e. The third kappa shape index (κ3) is 1.95. The number of esters is 2. The number of rotatable bonds is 2. The summed E-state index contributed by atoms with van der Waals surface area (Å²) in [6.07, 6.45) is 3.12. The highest BCUT2D eigenvalue weighted by molar-refractivity contribution is 6.08. The zero-order chi connectivity index (χ0) is 15.7. The number of pyridine rings is 1. The van der Waals surface area contributed by atoms with Gasteiger partial charge in [0.1, 0.15) is 28.3 Å². The molecule has 2 aromatic heterocycles. The lowest BCUT2D eigenvalue weighted by molar-refractivity contribution is 0.0555. The standard InChI is InChI=1S/C13H12N4O4/c1-16-4-5-17-10(15)7(6-14)8(12(18)20-2)9(11(16)17)13(19)21-3/h4-5,15H,1-3H3. The zero-order valence-corrected chi connectivity index (χ0v) is 11.6. The lowest BCUT2D eigenvalue weighted by atomic mass is 10.0. The van der Waals surface area contributed by atoms with Gasteiger partial charge in [-0.25, -0.2) is 9.59 Å². The van der Waals surface area contributed by atoms with Crippen LogP contribution >= 0.6 is 0 Å². The van der Waals surface area contributed by atoms with Gasteiger partial charge in [0.15, 0.2) is 0 Å². The van der Waals surface area contributed by atoms with E-state index in [0.717, 1.165) is 7.11 Å². The topological polar surface area (TPSA) is 110 Å². The number of fused-ring (bicyclic) bond motifs is 1. The molecule has 1 N–H and O–H groups in total. The van der Waals surface area contributed by atoms with Crippen molar-refractivity contribution in [2.24, 2.45) is 7.05 Å². The van der Waals surface area contributed by atoms with Crippen molar-refractivity contribution in [1.82, 2.24) is 8.97 Å². The quantitative estimate of drug-likeness (QED) is 0.794. The molecule has 0 unspecified atom stereocenters. The van der Waals surface area contributed by atoms with E-state index in [4.69, 9.17) is 10.1 Å². The average Bonchev–Trinajstić information content (AvgIpc) is 2.87. The number of aromatic nitrogens is 2. The molecule has 0 fully saturated rings. The molecule has 0 atom stereocenters. The highest BCUT2D eigenvalue weighted by Gasteiger charge is 2.29. The molecule has 108 valence electrons. The number of imidazole rings is 1. The first-order valence-corrected chi connectivity index (χ1v) is 5.82. The Morgan fingerprint density at radius 2 is 1.76 bits per heavy atom. The second kappa shape index (κ2) is 5.13. The van der Waals surface area contributed by atoms with E-state index >= 15 is 0 Å². The lowest BCUT2D eigenvalue weighted by Crippen LogP contribution is -2.26. The van der Waals surface area contributed by atoms with Gasteiger partial charge in [-0.05, 0) is 0 Å². The van der Waals surface area contributed by atoms with E-state index < -0.39 is 11.9 Å². The molecule has 0 saturated heterocycles. The van der Waals surface area contributed by atoms with Crippen LogP contribution in [0.5, 0.6) is 0 Å². The molecule has 2 heterocycles. The first-order chi connectivity index (χ1) is 9.97. The summed E-state index contributed by atoms with van der Waals surface area (Å²) in [6.45, 7) is 0. The number of carbonyl (C=O) groups excluding carboxylic acids is 2. The third-order valence-electron chi connectivity index (χ3n) is 3.09. The molecule has 0 amide bonds. The zero-order valence-electron chi connectivity index (χ0n) is 11.6. The van der Waals surface area contributed by atoms with E-state index in [9.17, 15) is 14.9 Å². The Morgan fingerprint density at radius 1 is 1.19 bits per heavy atom. The van der Waals surface area contributed by atoms with E-state index in [0.29, 0.717) is 0 Å². The molecule has 2 aromatic rings. The van der Waals surface area contributed by atoms with Crippen molar-refractivity contribution in [3.05, 3.63) is 34.6 Å². The molecule has 8 heteroatoms. The van der Waals surface area contributed by atoms with Crippen LogP contribution in [0.3, 0.4) is 0 Å². The molecule has 0 radical (unpaired) electrons. The molecule has 21 heavy (non-hydrogen) atoms. The number of hydrogen-bond acceptors (Lipinski definition) is 6. The van der Waals surface area contributed by atoms with E-state index in [2.05, 4.69) is 4.74 Å². The highest BCUT2D eigenvalue weighted by Crippen LogP contribution is 2.20. The SMILES string of the molecule is COC(=O)c1c(C#N)c(=N)n2ccn(C)c2c1C(=O)OC. The van der Waals surface area contributed by atoms with Crippen LogP contribution in [-0.4, -0.2) is 35.1 Å². The van der Waals surface area contributed by atoms with Crippen LogP contribution in [0, 0.1) is 16.7 Å². The summed E-state index contributed by atoms with van der Waals surface area (Å²) in [6, 6.07) is 1.77. The lowest BCUT2D eigenvalue weighted by Gasteiger charge is -2.12. The predicted molar refractivity (Wildman–Crippen MR) is 69.6 cm³/mol. The van der Waals surface area contributed by atoms with Crippen molar-refractivity contribution in [3.8, 4) is 6.07 Å². The van der Waals surface area contributed by atoms with E-state index in [1.165, 1.54) is 17.7 Å². The first-order valence-electron chi connectivity index (χ1n) is 5.82. The predicted octanol–water partition coefficient (Wildman–Crippen LogP) is 0.202. The van der Waals surface area contributed by atoms with Crippen molar-refractivity contribution in [3.63, 3.8) is 0 Å². The monoisotopic (exact) mass is 288 g/mol. The Kier molecular flexibility index (Phi) is 3.50. The normalized spacial score (nSPS) is 10.2. The minimum absolute atomic E-state index is 0.107. The Balaban J connectivity index is 3.13. The summed E-state index contributed by atoms with van der Waals surface area (Å²) in [5.74, 6) is -1.66. The van der Waals surface area contributed by atoms with Crippen LogP contribution in [-0.2, 0) is 16.5 Å². The smallest absolute Gasteiger partial charge is 0.342 e. The van der Waals surface area contributed by atoms with Crippen molar-refractivity contribution in [2.45, 2.75) is 0 Å². The van der Waals surface area contributed by atoms with Gasteiger partial charge in [0, 0.05) is 19.4 Å². The van der Waals surface area contributed by atoms with Gasteiger partial charge in [-0.2, -0.15) is 5.26 Å². The second-order valence-electron chi connectivity index (χ2n) is 4.17. The van der Waals surface area contributed by atoms with Crippen LogP contribution in [0.1, 0.15) is 26.3 Å². The van der Waals surface area contributed by atoms with Gasteiger partial charge in [0.05, 0.1) is 19.8 Å². The summed E-state index contributed by atoms with van der Waals surface area (Å²) in [4.78, 5) is 24.1. The molecule has 2 rings (SSSR count). The minimum atomic E-state index is -0.871. The van der Waals surface area contributed by atoms with Crippen LogP contribution in [0.2, 0.25) is 0 Å². The second-order valence-corrected chi connectivity index (χ2v) is 4.17. The van der Waals surface area contributed by atoms with E-state index in [1.807, 2.05) is 0 Å². The van der Waals surface area contributed by atoms with Gasteiger partial charge in [0.25, 0.3) is 0 Å². The van der Waals surface area contributed by atoms with Gasteiger partial charge in [-0.3, -0.25) is 9.81 Å². The van der Waals surface area contributed by atoms with Crippen molar-refractivity contribution < 1.29 is 19.1 Å². The number of methoxy groups -OCH3 is 2. The largest absolute Gasteiger partial charge is 0.465 e. The number of nitrogens with one attached hydrogen (secondary N) is 1. The molecule has 0 saturated carbocycles. The number of carbonyl (C=O) groups is 2. The van der Waals surface area contributed by atoms with Gasteiger partial charge in [0.2, 0.25) is 0 Å². The van der Waals surface area contributed by atoms with Crippen LogP contribution < -0.4 is 5.49 Å². The maximum absolute atomic E-state index is 12.1. The molecule has 0 aromatic carbocycles. The molecule has 0 aliphatic carbocycles. The van der Waals surface area contributed by atoms with Crippen molar-refractivity contribution in [1.29, 1.82) is 10.7 Å². The Morgan fingerprint density at radius 3 is 2.29 bits per heavy atom. The summed E-state index contributed by atoms with van der Waals surface area (Å²) in [7, 11) is 3.95. The van der Waals surface area contributed by atoms with Crippen molar-refractivity contribution in [2.75, 3.05) is 14.2 Å². The van der Waals surface area contributed by atoms with Gasteiger partial charge in [-0.1, -0.05) is 0 Å². The van der Waals surface area contributed by atoms with E-state index in [-0.39, 0.29) is 27.8 Å². The molecule has 0 aliphatic rings. The number of nitriles is 1. The molecular formula is C13H12N4O4. The Hall–Kier alpha value is -3.08. The average molecular weight is 288 g/mol. The fourth-order valence-electron chi connectivity index (χ4n) is 2.14. The van der Waals surface area contributed by atoms with Crippen LogP contribution in [0.15, 0.2) is 12.4 Å². The third-order valence-corrected chi connectivity index (χ3v) is 3.09. The van der Waals surface area contributed by atoms with Gasteiger partial charge in [-0.15, -0.1) is 0 Å². The Bertz CT molecular complexity index is 854. The van der Waals surface area contributed by atoms with Gasteiger partial charge >= 0.3 is 11.9 Å². The summed E-state index contributed by atoms with van der Waals surface area (Å²) < 4.78 is 12.2. The number of ether oxygens (including phenoxy) is 2. The number of aryl methyl sites for hydroxylation is 1. The molecule has 0 aliphatic heterocycles. The maximum Gasteiger partial charge on any atom is 0.342 e. The molecule has 0 bridgehead atoms. The van der Waals surface area contributed by atoms with Crippen molar-refractivity contribution >= 4 is 17.6 Å².